The van der Waals surface area contributed by atoms with Gasteiger partial charge in [-0.2, -0.15) is 0 Å². The second kappa shape index (κ2) is 12.6. The smallest absolute Gasteiger partial charge is 0.270 e. The molecule has 4 aromatic rings. The summed E-state index contributed by atoms with van der Waals surface area (Å²) < 4.78 is 11.8. The molecule has 0 saturated carbocycles. The number of benzene rings is 4. The van der Waals surface area contributed by atoms with E-state index in [1.807, 2.05) is 43.3 Å². The van der Waals surface area contributed by atoms with E-state index < -0.39 is 11.8 Å². The van der Waals surface area contributed by atoms with Crippen LogP contribution in [0.5, 0.6) is 11.5 Å². The number of ether oxygens (including phenoxy) is 2. The lowest BCUT2D eigenvalue weighted by Gasteiger charge is -2.36. The van der Waals surface area contributed by atoms with Crippen LogP contribution in [0.1, 0.15) is 18.1 Å². The van der Waals surface area contributed by atoms with Crippen LogP contribution in [0.3, 0.4) is 0 Å². The topological polar surface area (TPSA) is 59.1 Å². The van der Waals surface area contributed by atoms with Crippen molar-refractivity contribution < 1.29 is 19.1 Å². The molecule has 0 bridgehead atoms. The molecule has 1 aliphatic rings. The van der Waals surface area contributed by atoms with E-state index in [1.54, 1.807) is 66.7 Å². The maximum absolute atomic E-state index is 13.8. The Labute approximate surface area is 253 Å². The van der Waals surface area contributed by atoms with Crippen LogP contribution in [0.2, 0.25) is 10.0 Å². The van der Waals surface area contributed by atoms with Gasteiger partial charge in [0, 0.05) is 15.6 Å². The Morgan fingerprint density at radius 3 is 1.93 bits per heavy atom. The SMILES string of the molecule is CCOc1cc(C=C2C(=O)N(c3ccccc3)C(=S)N(c3ccccc3)C2=O)ccc1OCc1ccc(Cl)cc1Cl. The minimum absolute atomic E-state index is 0.0460. The van der Waals surface area contributed by atoms with Gasteiger partial charge in [-0.25, -0.2) is 0 Å². The van der Waals surface area contributed by atoms with Crippen LogP contribution in [0.25, 0.3) is 6.08 Å². The van der Waals surface area contributed by atoms with Gasteiger partial charge in [-0.15, -0.1) is 0 Å². The number of rotatable bonds is 8. The van der Waals surface area contributed by atoms with Crippen LogP contribution in [0.15, 0.2) is 103 Å². The summed E-state index contributed by atoms with van der Waals surface area (Å²) in [5.74, 6) is -0.0968. The predicted octanol–water partition coefficient (Wildman–Crippen LogP) is 7.72. The van der Waals surface area contributed by atoms with Crippen LogP contribution in [-0.4, -0.2) is 23.5 Å². The van der Waals surface area contributed by atoms with E-state index in [9.17, 15) is 9.59 Å². The first kappa shape index (κ1) is 28.4. The first-order valence-electron chi connectivity index (χ1n) is 12.8. The molecule has 1 fully saturated rings. The largest absolute Gasteiger partial charge is 0.490 e. The Balaban J connectivity index is 1.51. The molecule has 4 aromatic carbocycles. The van der Waals surface area contributed by atoms with E-state index in [0.717, 1.165) is 5.56 Å². The number of hydrogen-bond donors (Lipinski definition) is 0. The van der Waals surface area contributed by atoms with Crippen LogP contribution >= 0.6 is 35.4 Å². The number of nitrogens with zero attached hydrogens (tertiary/aromatic N) is 2. The summed E-state index contributed by atoms with van der Waals surface area (Å²) in [7, 11) is 0. The van der Waals surface area contributed by atoms with Gasteiger partial charge >= 0.3 is 0 Å². The molecular weight excluding hydrogens is 579 g/mol. The molecular formula is C32H24Cl2N2O4S. The van der Waals surface area contributed by atoms with E-state index in [0.29, 0.717) is 45.1 Å². The highest BCUT2D eigenvalue weighted by Crippen LogP contribution is 2.33. The quantitative estimate of drug-likeness (QED) is 0.117. The Morgan fingerprint density at radius 1 is 0.756 bits per heavy atom. The molecule has 9 heteroatoms. The van der Waals surface area contributed by atoms with Gasteiger partial charge in [-0.05, 0) is 79.3 Å². The fourth-order valence-corrected chi connectivity index (χ4v) is 5.14. The average molecular weight is 604 g/mol. The van der Waals surface area contributed by atoms with Crippen molar-refractivity contribution >= 4 is 69.8 Å². The third-order valence-corrected chi connectivity index (χ3v) is 7.21. The lowest BCUT2D eigenvalue weighted by atomic mass is 10.0. The highest BCUT2D eigenvalue weighted by molar-refractivity contribution is 7.81. The molecule has 1 saturated heterocycles. The number of para-hydroxylation sites is 2. The normalized spacial score (nSPS) is 13.4. The number of carbonyl (C=O) groups excluding carboxylic acids is 2. The highest BCUT2D eigenvalue weighted by atomic mass is 35.5. The molecule has 1 aliphatic heterocycles. The lowest BCUT2D eigenvalue weighted by Crippen LogP contribution is -2.56. The molecule has 0 spiro atoms. The molecule has 2 amide bonds. The third kappa shape index (κ3) is 6.12. The molecule has 41 heavy (non-hydrogen) atoms. The summed E-state index contributed by atoms with van der Waals surface area (Å²) in [5.41, 5.74) is 2.41. The second-order valence-corrected chi connectivity index (χ2v) is 10.2. The first-order valence-corrected chi connectivity index (χ1v) is 13.9. The summed E-state index contributed by atoms with van der Waals surface area (Å²) in [4.78, 5) is 30.3. The van der Waals surface area contributed by atoms with Crippen LogP contribution in [-0.2, 0) is 16.2 Å². The maximum Gasteiger partial charge on any atom is 0.270 e. The Morgan fingerprint density at radius 2 is 1.37 bits per heavy atom. The van der Waals surface area contributed by atoms with Crippen LogP contribution in [0, 0.1) is 0 Å². The minimum atomic E-state index is -0.519. The average Bonchev–Trinajstić information content (AvgIpc) is 2.97. The van der Waals surface area contributed by atoms with Gasteiger partial charge in [0.2, 0.25) is 0 Å². The number of hydrogen-bond acceptors (Lipinski definition) is 5. The molecule has 0 unspecified atom stereocenters. The van der Waals surface area contributed by atoms with Crippen molar-refractivity contribution in [2.45, 2.75) is 13.5 Å². The van der Waals surface area contributed by atoms with E-state index in [4.69, 9.17) is 44.9 Å². The van der Waals surface area contributed by atoms with Crippen molar-refractivity contribution in [3.63, 3.8) is 0 Å². The molecule has 0 atom stereocenters. The minimum Gasteiger partial charge on any atom is -0.490 e. The Kier molecular flexibility index (Phi) is 8.69. The summed E-state index contributed by atoms with van der Waals surface area (Å²) in [6.07, 6.45) is 1.54. The summed E-state index contributed by atoms with van der Waals surface area (Å²) in [6.45, 7) is 2.44. The van der Waals surface area contributed by atoms with Gasteiger partial charge in [-0.1, -0.05) is 71.7 Å². The first-order chi connectivity index (χ1) is 19.9. The number of anilines is 2. The fourth-order valence-electron chi connectivity index (χ4n) is 4.30. The van der Waals surface area contributed by atoms with Crippen molar-refractivity contribution in [3.05, 3.63) is 124 Å². The maximum atomic E-state index is 13.8. The van der Waals surface area contributed by atoms with Gasteiger partial charge in [-0.3, -0.25) is 19.4 Å². The number of carbonyl (C=O) groups is 2. The molecule has 0 aromatic heterocycles. The Hall–Kier alpha value is -4.17. The standard InChI is InChI=1S/C32H24Cl2N2O4S/c1-2-39-29-18-21(13-16-28(29)40-20-22-14-15-23(33)19-27(22)34)17-26-30(37)35(24-9-5-3-6-10-24)32(41)36(31(26)38)25-11-7-4-8-12-25/h3-19H,2,20H2,1H3. The number of halogens is 2. The molecule has 206 valence electrons. The van der Waals surface area contributed by atoms with Crippen molar-refractivity contribution in [1.82, 2.24) is 0 Å². The zero-order chi connectivity index (χ0) is 28.9. The van der Waals surface area contributed by atoms with Gasteiger partial charge in [0.1, 0.15) is 12.2 Å². The van der Waals surface area contributed by atoms with Gasteiger partial charge in [0.25, 0.3) is 11.8 Å². The van der Waals surface area contributed by atoms with E-state index >= 15 is 0 Å². The van der Waals surface area contributed by atoms with Gasteiger partial charge in [0.15, 0.2) is 16.6 Å². The summed E-state index contributed by atoms with van der Waals surface area (Å²) in [6, 6.07) is 28.4. The molecule has 5 rings (SSSR count). The van der Waals surface area contributed by atoms with Crippen molar-refractivity contribution in [1.29, 1.82) is 0 Å². The summed E-state index contributed by atoms with van der Waals surface area (Å²) >= 11 is 18.0. The fraction of sp³-hybridized carbons (Fsp3) is 0.0938. The van der Waals surface area contributed by atoms with Gasteiger partial charge in [0.05, 0.1) is 18.0 Å². The zero-order valence-electron chi connectivity index (χ0n) is 21.9. The number of amides is 2. The molecule has 0 radical (unpaired) electrons. The van der Waals surface area contributed by atoms with E-state index in [-0.39, 0.29) is 17.3 Å². The van der Waals surface area contributed by atoms with E-state index in [1.165, 1.54) is 9.80 Å². The van der Waals surface area contributed by atoms with Gasteiger partial charge < -0.3 is 9.47 Å². The third-order valence-electron chi connectivity index (χ3n) is 6.26. The lowest BCUT2D eigenvalue weighted by molar-refractivity contribution is -0.120. The Bertz CT molecular complexity index is 1580. The monoisotopic (exact) mass is 602 g/mol. The highest BCUT2D eigenvalue weighted by Gasteiger charge is 2.41. The van der Waals surface area contributed by atoms with Crippen molar-refractivity contribution in [2.24, 2.45) is 0 Å². The van der Waals surface area contributed by atoms with E-state index in [2.05, 4.69) is 0 Å². The second-order valence-electron chi connectivity index (χ2n) is 8.96. The molecule has 1 heterocycles. The van der Waals surface area contributed by atoms with Crippen LogP contribution in [0.4, 0.5) is 11.4 Å². The predicted molar refractivity (Wildman–Crippen MR) is 167 cm³/mol. The van der Waals surface area contributed by atoms with Crippen molar-refractivity contribution in [3.8, 4) is 11.5 Å². The molecule has 6 nitrogen and oxygen atoms in total. The molecule has 0 aliphatic carbocycles. The summed E-state index contributed by atoms with van der Waals surface area (Å²) in [5, 5.41) is 1.11. The molecule has 0 N–H and O–H groups in total. The van der Waals surface area contributed by atoms with Crippen LogP contribution < -0.4 is 19.3 Å². The zero-order valence-corrected chi connectivity index (χ0v) is 24.2. The van der Waals surface area contributed by atoms with Crippen molar-refractivity contribution in [2.75, 3.05) is 16.4 Å². The number of thiocarbonyl (C=S) groups is 1.